The predicted molar refractivity (Wildman–Crippen MR) is 60.8 cm³/mol. The van der Waals surface area contributed by atoms with Crippen molar-refractivity contribution in [2.45, 2.75) is 19.8 Å². The Labute approximate surface area is 92.5 Å². The molecule has 0 spiro atoms. The lowest BCUT2D eigenvalue weighted by Gasteiger charge is -2.08. The van der Waals surface area contributed by atoms with Crippen LogP contribution in [0.2, 0.25) is 0 Å². The van der Waals surface area contributed by atoms with Gasteiger partial charge in [-0.2, -0.15) is 0 Å². The zero-order chi connectivity index (χ0) is 10.1. The van der Waals surface area contributed by atoms with Crippen LogP contribution in [0.25, 0.3) is 0 Å². The van der Waals surface area contributed by atoms with Crippen LogP contribution in [-0.2, 0) is 9.53 Å². The summed E-state index contributed by atoms with van der Waals surface area (Å²) in [4.78, 5) is 12.9. The van der Waals surface area contributed by atoms with Crippen LogP contribution in [0, 0.1) is 0 Å². The van der Waals surface area contributed by atoms with E-state index in [9.17, 15) is 4.79 Å². The van der Waals surface area contributed by atoms with Gasteiger partial charge in [-0.3, -0.25) is 0 Å². The molecule has 0 amide bonds. The number of likely N-dealkylation sites (N-methyl/N-ethyl adjacent to an activating group) is 1. The monoisotopic (exact) mass is 221 g/mol. The quantitative estimate of drug-likeness (QED) is 0.507. The lowest BCUT2D eigenvalue weighted by Crippen LogP contribution is -2.19. The molecule has 3 nitrogen and oxygen atoms in total. The summed E-state index contributed by atoms with van der Waals surface area (Å²) in [5, 5.41) is 0. The number of rotatable bonds is 6. The number of nitrogens with zero attached hydrogens (tertiary/aromatic N) is 1. The highest BCUT2D eigenvalue weighted by Gasteiger charge is 1.96. The maximum Gasteiger partial charge on any atom is 0.330 e. The maximum absolute atomic E-state index is 11.0. The molecule has 0 heterocycles. The third-order valence-corrected chi connectivity index (χ3v) is 1.49. The van der Waals surface area contributed by atoms with Crippen molar-refractivity contribution in [1.82, 2.24) is 4.90 Å². The fourth-order valence-electron chi connectivity index (χ4n) is 0.723. The molecule has 84 valence electrons. The zero-order valence-corrected chi connectivity index (χ0v) is 9.97. The number of allylic oxidation sites excluding steroid dienone is 1. The van der Waals surface area contributed by atoms with E-state index in [1.54, 1.807) is 0 Å². The molecule has 0 aliphatic heterocycles. The number of carbonyl (C=O) groups is 1. The summed E-state index contributed by atoms with van der Waals surface area (Å²) in [6, 6.07) is 0. The molecule has 0 radical (unpaired) electrons. The van der Waals surface area contributed by atoms with Crippen molar-refractivity contribution >= 4 is 18.4 Å². The molecule has 0 aromatic carbocycles. The average molecular weight is 222 g/mol. The molecule has 0 rings (SSSR count). The van der Waals surface area contributed by atoms with Crippen molar-refractivity contribution in [3.63, 3.8) is 0 Å². The first kappa shape index (κ1) is 15.9. The predicted octanol–water partition coefficient (Wildman–Crippen LogP) is 1.87. The Morgan fingerprint density at radius 2 is 2.07 bits per heavy atom. The Kier molecular flexibility index (Phi) is 12.0. The topological polar surface area (TPSA) is 29.5 Å². The van der Waals surface area contributed by atoms with E-state index in [4.69, 9.17) is 4.74 Å². The minimum absolute atomic E-state index is 0. The fraction of sp³-hybridized carbons (Fsp3) is 0.700. The summed E-state index contributed by atoms with van der Waals surface area (Å²) < 4.78 is 4.93. The first-order chi connectivity index (χ1) is 6.16. The average Bonchev–Trinajstić information content (AvgIpc) is 2.04. The summed E-state index contributed by atoms with van der Waals surface area (Å²) in [6.45, 7) is 3.30. The molecule has 0 saturated heterocycles. The van der Waals surface area contributed by atoms with Gasteiger partial charge in [0.05, 0.1) is 0 Å². The molecule has 0 bridgehead atoms. The Bertz CT molecular complexity index is 170. The lowest BCUT2D eigenvalue weighted by molar-refractivity contribution is -0.138. The van der Waals surface area contributed by atoms with Gasteiger partial charge in [-0.05, 0) is 20.5 Å². The summed E-state index contributed by atoms with van der Waals surface area (Å²) in [5.41, 5.74) is 0. The fourth-order valence-corrected chi connectivity index (χ4v) is 0.723. The van der Waals surface area contributed by atoms with E-state index in [1.807, 2.05) is 25.1 Å². The van der Waals surface area contributed by atoms with Crippen molar-refractivity contribution < 1.29 is 9.53 Å². The van der Waals surface area contributed by atoms with Crippen molar-refractivity contribution in [1.29, 1.82) is 0 Å². The van der Waals surface area contributed by atoms with E-state index < -0.39 is 0 Å². The number of hydrogen-bond acceptors (Lipinski definition) is 3. The second-order valence-electron chi connectivity index (χ2n) is 3.16. The van der Waals surface area contributed by atoms with E-state index >= 15 is 0 Å². The van der Waals surface area contributed by atoms with Crippen LogP contribution < -0.4 is 0 Å². The molecule has 0 saturated carbocycles. The van der Waals surface area contributed by atoms with E-state index in [-0.39, 0.29) is 18.4 Å². The molecule has 0 aromatic heterocycles. The maximum atomic E-state index is 11.0. The first-order valence-corrected chi connectivity index (χ1v) is 4.64. The number of esters is 1. The van der Waals surface area contributed by atoms with Gasteiger partial charge < -0.3 is 9.64 Å². The second-order valence-corrected chi connectivity index (χ2v) is 3.16. The first-order valence-electron chi connectivity index (χ1n) is 4.64. The smallest absolute Gasteiger partial charge is 0.330 e. The standard InChI is InChI=1S/C10H19NO2.ClH/c1-4-5-6-7-10(12)13-9-8-11(2)3;/h6-7H,4-5,8-9H2,1-3H3;1H. The van der Waals surface area contributed by atoms with E-state index in [1.165, 1.54) is 6.08 Å². The minimum Gasteiger partial charge on any atom is -0.461 e. The van der Waals surface area contributed by atoms with Crippen LogP contribution >= 0.6 is 12.4 Å². The van der Waals surface area contributed by atoms with Gasteiger partial charge in [0, 0.05) is 12.6 Å². The highest BCUT2D eigenvalue weighted by atomic mass is 35.5. The Balaban J connectivity index is 0. The minimum atomic E-state index is -0.240. The van der Waals surface area contributed by atoms with Crippen LogP contribution in [0.1, 0.15) is 19.8 Å². The lowest BCUT2D eigenvalue weighted by atomic mass is 10.3. The van der Waals surface area contributed by atoms with Gasteiger partial charge in [0.15, 0.2) is 0 Å². The van der Waals surface area contributed by atoms with Gasteiger partial charge in [-0.15, -0.1) is 12.4 Å². The molecular formula is C10H20ClNO2. The molecule has 0 aliphatic carbocycles. The highest BCUT2D eigenvalue weighted by Crippen LogP contribution is 1.90. The molecule has 0 fully saturated rings. The molecule has 14 heavy (non-hydrogen) atoms. The molecular weight excluding hydrogens is 202 g/mol. The zero-order valence-electron chi connectivity index (χ0n) is 9.16. The van der Waals surface area contributed by atoms with Crippen molar-refractivity contribution in [3.8, 4) is 0 Å². The van der Waals surface area contributed by atoms with Gasteiger partial charge in [-0.1, -0.05) is 19.4 Å². The van der Waals surface area contributed by atoms with Crippen LogP contribution in [-0.4, -0.2) is 38.1 Å². The SMILES string of the molecule is CCCC=CC(=O)OCCN(C)C.Cl. The summed E-state index contributed by atoms with van der Waals surface area (Å²) in [7, 11) is 3.89. The Hall–Kier alpha value is -0.540. The Morgan fingerprint density at radius 1 is 1.43 bits per heavy atom. The molecule has 0 aromatic rings. The summed E-state index contributed by atoms with van der Waals surface area (Å²) in [5.74, 6) is -0.240. The van der Waals surface area contributed by atoms with Crippen LogP contribution in [0.15, 0.2) is 12.2 Å². The molecule has 0 aliphatic rings. The van der Waals surface area contributed by atoms with E-state index in [2.05, 4.69) is 6.92 Å². The number of halogens is 1. The number of carbonyl (C=O) groups excluding carboxylic acids is 1. The van der Waals surface area contributed by atoms with E-state index in [0.29, 0.717) is 6.61 Å². The van der Waals surface area contributed by atoms with E-state index in [0.717, 1.165) is 19.4 Å². The van der Waals surface area contributed by atoms with Crippen molar-refractivity contribution in [3.05, 3.63) is 12.2 Å². The highest BCUT2D eigenvalue weighted by molar-refractivity contribution is 5.85. The van der Waals surface area contributed by atoms with Crippen LogP contribution in [0.5, 0.6) is 0 Å². The largest absolute Gasteiger partial charge is 0.461 e. The molecule has 0 unspecified atom stereocenters. The normalized spacial score (nSPS) is 10.3. The van der Waals surface area contributed by atoms with Gasteiger partial charge in [0.2, 0.25) is 0 Å². The summed E-state index contributed by atoms with van der Waals surface area (Å²) in [6.07, 6.45) is 5.33. The van der Waals surface area contributed by atoms with Gasteiger partial charge >= 0.3 is 5.97 Å². The van der Waals surface area contributed by atoms with Gasteiger partial charge in [0.1, 0.15) is 6.61 Å². The van der Waals surface area contributed by atoms with Crippen LogP contribution in [0.3, 0.4) is 0 Å². The second kappa shape index (κ2) is 10.5. The molecule has 0 N–H and O–H groups in total. The van der Waals surface area contributed by atoms with Crippen molar-refractivity contribution in [2.75, 3.05) is 27.2 Å². The van der Waals surface area contributed by atoms with Gasteiger partial charge in [0.25, 0.3) is 0 Å². The van der Waals surface area contributed by atoms with Crippen molar-refractivity contribution in [2.24, 2.45) is 0 Å². The third-order valence-electron chi connectivity index (χ3n) is 1.49. The number of hydrogen-bond donors (Lipinski definition) is 0. The molecule has 0 atom stereocenters. The Morgan fingerprint density at radius 3 is 2.57 bits per heavy atom. The summed E-state index contributed by atoms with van der Waals surface area (Å²) >= 11 is 0. The third kappa shape index (κ3) is 11.5. The van der Waals surface area contributed by atoms with Crippen LogP contribution in [0.4, 0.5) is 0 Å². The van der Waals surface area contributed by atoms with Gasteiger partial charge in [-0.25, -0.2) is 4.79 Å². The number of unbranched alkanes of at least 4 members (excludes halogenated alkanes) is 1. The number of ether oxygens (including phenoxy) is 1. The molecule has 4 heteroatoms.